The standard InChI is InChI=1S/C10H9ClO6/c11-6-2-1-3-7(16-4-8(12)13)10(6)17-5-9(14)15/h1-3H,4-5H2,(H,12,13)(H,14,15). The van der Waals surface area contributed by atoms with Crippen molar-refractivity contribution >= 4 is 23.5 Å². The molecule has 6 nitrogen and oxygen atoms in total. The summed E-state index contributed by atoms with van der Waals surface area (Å²) >= 11 is 5.78. The number of hydrogen-bond acceptors (Lipinski definition) is 4. The van der Waals surface area contributed by atoms with Crippen LogP contribution in [0.4, 0.5) is 0 Å². The number of carboxylic acid groups (broad SMARTS) is 2. The molecular formula is C10H9ClO6. The van der Waals surface area contributed by atoms with Crippen molar-refractivity contribution in [3.63, 3.8) is 0 Å². The van der Waals surface area contributed by atoms with Gasteiger partial charge in [-0.3, -0.25) is 0 Å². The second kappa shape index (κ2) is 5.95. The van der Waals surface area contributed by atoms with E-state index in [1.54, 1.807) is 0 Å². The lowest BCUT2D eigenvalue weighted by Crippen LogP contribution is -2.13. The van der Waals surface area contributed by atoms with E-state index in [9.17, 15) is 9.59 Å². The summed E-state index contributed by atoms with van der Waals surface area (Å²) in [4.78, 5) is 20.7. The smallest absolute Gasteiger partial charge is 0.341 e. The second-order valence-corrected chi connectivity index (χ2v) is 3.34. The summed E-state index contributed by atoms with van der Waals surface area (Å²) in [5, 5.41) is 17.1. The third kappa shape index (κ3) is 4.20. The van der Waals surface area contributed by atoms with Crippen molar-refractivity contribution in [3.8, 4) is 11.5 Å². The van der Waals surface area contributed by atoms with Gasteiger partial charge in [0.15, 0.2) is 24.7 Å². The van der Waals surface area contributed by atoms with E-state index >= 15 is 0 Å². The average Bonchev–Trinajstić information content (AvgIpc) is 2.24. The van der Waals surface area contributed by atoms with Crippen molar-refractivity contribution in [3.05, 3.63) is 23.2 Å². The molecule has 0 atom stereocenters. The highest BCUT2D eigenvalue weighted by Gasteiger charge is 2.12. The molecule has 92 valence electrons. The first-order valence-corrected chi connectivity index (χ1v) is 4.86. The fraction of sp³-hybridized carbons (Fsp3) is 0.200. The summed E-state index contributed by atoms with van der Waals surface area (Å²) < 4.78 is 9.82. The molecule has 0 heterocycles. The van der Waals surface area contributed by atoms with Crippen LogP contribution in [0.2, 0.25) is 5.02 Å². The highest BCUT2D eigenvalue weighted by Crippen LogP contribution is 2.34. The van der Waals surface area contributed by atoms with Gasteiger partial charge in [0.05, 0.1) is 5.02 Å². The van der Waals surface area contributed by atoms with Crippen molar-refractivity contribution in [2.75, 3.05) is 13.2 Å². The molecule has 1 aromatic rings. The van der Waals surface area contributed by atoms with E-state index in [-0.39, 0.29) is 16.5 Å². The summed E-state index contributed by atoms with van der Waals surface area (Å²) in [5.74, 6) is -2.23. The molecule has 7 heteroatoms. The van der Waals surface area contributed by atoms with Gasteiger partial charge < -0.3 is 19.7 Å². The molecule has 0 radical (unpaired) electrons. The molecule has 0 aliphatic heterocycles. The molecule has 2 N–H and O–H groups in total. The predicted octanol–water partition coefficient (Wildman–Crippen LogP) is 1.27. The van der Waals surface area contributed by atoms with Crippen LogP contribution < -0.4 is 9.47 Å². The summed E-state index contributed by atoms with van der Waals surface area (Å²) in [5.41, 5.74) is 0. The average molecular weight is 261 g/mol. The molecule has 0 aliphatic carbocycles. The Kier molecular flexibility index (Phi) is 4.59. The van der Waals surface area contributed by atoms with Crippen molar-refractivity contribution in [2.45, 2.75) is 0 Å². The van der Waals surface area contributed by atoms with Crippen LogP contribution in [0.25, 0.3) is 0 Å². The monoisotopic (exact) mass is 260 g/mol. The molecule has 1 aromatic carbocycles. The van der Waals surface area contributed by atoms with Gasteiger partial charge in [-0.05, 0) is 12.1 Å². The summed E-state index contributed by atoms with van der Waals surface area (Å²) in [6.45, 7) is -1.16. The number of benzene rings is 1. The van der Waals surface area contributed by atoms with E-state index in [1.807, 2.05) is 0 Å². The molecule has 0 amide bonds. The Bertz CT molecular complexity index is 431. The van der Waals surface area contributed by atoms with Gasteiger partial charge >= 0.3 is 11.9 Å². The molecule has 0 aromatic heterocycles. The van der Waals surface area contributed by atoms with Crippen LogP contribution in [0.5, 0.6) is 11.5 Å². The Morgan fingerprint density at radius 3 is 2.29 bits per heavy atom. The zero-order valence-electron chi connectivity index (χ0n) is 8.55. The zero-order chi connectivity index (χ0) is 12.8. The number of carboxylic acids is 2. The van der Waals surface area contributed by atoms with Gasteiger partial charge in [0.2, 0.25) is 0 Å². The number of aliphatic carboxylic acids is 2. The lowest BCUT2D eigenvalue weighted by molar-refractivity contribution is -0.140. The fourth-order valence-electron chi connectivity index (χ4n) is 1.02. The number of halogens is 1. The molecule has 0 aliphatic rings. The van der Waals surface area contributed by atoms with Crippen LogP contribution in [-0.4, -0.2) is 35.4 Å². The maximum Gasteiger partial charge on any atom is 0.341 e. The topological polar surface area (TPSA) is 93.1 Å². The Labute approximate surface area is 101 Å². The zero-order valence-corrected chi connectivity index (χ0v) is 9.31. The van der Waals surface area contributed by atoms with Crippen LogP contribution in [0.15, 0.2) is 18.2 Å². The molecule has 0 spiro atoms. The number of para-hydroxylation sites is 1. The van der Waals surface area contributed by atoms with E-state index < -0.39 is 25.2 Å². The minimum atomic E-state index is -1.17. The Balaban J connectivity index is 2.83. The summed E-state index contributed by atoms with van der Waals surface area (Å²) in [7, 11) is 0. The van der Waals surface area contributed by atoms with E-state index in [0.29, 0.717) is 0 Å². The number of rotatable bonds is 6. The first-order chi connectivity index (χ1) is 8.00. The molecule has 0 bridgehead atoms. The Morgan fingerprint density at radius 2 is 1.71 bits per heavy atom. The van der Waals surface area contributed by atoms with E-state index in [4.69, 9.17) is 31.3 Å². The SMILES string of the molecule is O=C(O)COc1cccc(Cl)c1OCC(=O)O. The molecule has 0 saturated heterocycles. The Morgan fingerprint density at radius 1 is 1.12 bits per heavy atom. The molecule has 0 unspecified atom stereocenters. The number of hydrogen-bond donors (Lipinski definition) is 2. The van der Waals surface area contributed by atoms with Crippen LogP contribution >= 0.6 is 11.6 Å². The lowest BCUT2D eigenvalue weighted by Gasteiger charge is -2.11. The second-order valence-electron chi connectivity index (χ2n) is 2.93. The highest BCUT2D eigenvalue weighted by atomic mass is 35.5. The van der Waals surface area contributed by atoms with Crippen LogP contribution in [0.3, 0.4) is 0 Å². The van der Waals surface area contributed by atoms with E-state index in [1.165, 1.54) is 18.2 Å². The van der Waals surface area contributed by atoms with Crippen LogP contribution in [0, 0.1) is 0 Å². The maximum absolute atomic E-state index is 10.4. The van der Waals surface area contributed by atoms with Crippen LogP contribution in [0.1, 0.15) is 0 Å². The van der Waals surface area contributed by atoms with Gasteiger partial charge in [-0.2, -0.15) is 0 Å². The summed E-state index contributed by atoms with van der Waals surface area (Å²) in [6.07, 6.45) is 0. The van der Waals surface area contributed by atoms with E-state index in [2.05, 4.69) is 0 Å². The van der Waals surface area contributed by atoms with Crippen molar-refractivity contribution in [1.29, 1.82) is 0 Å². The van der Waals surface area contributed by atoms with Gasteiger partial charge in [-0.15, -0.1) is 0 Å². The lowest BCUT2D eigenvalue weighted by atomic mass is 10.3. The fourth-order valence-corrected chi connectivity index (χ4v) is 1.24. The molecule has 17 heavy (non-hydrogen) atoms. The van der Waals surface area contributed by atoms with Crippen molar-refractivity contribution in [1.82, 2.24) is 0 Å². The van der Waals surface area contributed by atoms with Crippen molar-refractivity contribution in [2.24, 2.45) is 0 Å². The number of ether oxygens (including phenoxy) is 2. The quantitative estimate of drug-likeness (QED) is 0.800. The predicted molar refractivity (Wildman–Crippen MR) is 57.7 cm³/mol. The largest absolute Gasteiger partial charge is 0.479 e. The van der Waals surface area contributed by atoms with Crippen molar-refractivity contribution < 1.29 is 29.3 Å². The van der Waals surface area contributed by atoms with Crippen LogP contribution in [-0.2, 0) is 9.59 Å². The van der Waals surface area contributed by atoms with Gasteiger partial charge in [-0.1, -0.05) is 17.7 Å². The third-order valence-electron chi connectivity index (χ3n) is 1.62. The Hall–Kier alpha value is -1.95. The molecule has 1 rings (SSSR count). The maximum atomic E-state index is 10.4. The highest BCUT2D eigenvalue weighted by molar-refractivity contribution is 6.32. The first kappa shape index (κ1) is 13.1. The van der Waals surface area contributed by atoms with Gasteiger partial charge in [0, 0.05) is 0 Å². The minimum Gasteiger partial charge on any atom is -0.479 e. The number of carbonyl (C=O) groups is 2. The normalized spacial score (nSPS) is 9.71. The first-order valence-electron chi connectivity index (χ1n) is 4.48. The minimum absolute atomic E-state index is 0.0119. The molecule has 0 fully saturated rings. The molecular weight excluding hydrogens is 252 g/mol. The van der Waals surface area contributed by atoms with Gasteiger partial charge in [-0.25, -0.2) is 9.59 Å². The molecule has 0 saturated carbocycles. The van der Waals surface area contributed by atoms with Gasteiger partial charge in [0.25, 0.3) is 0 Å². The van der Waals surface area contributed by atoms with Gasteiger partial charge in [0.1, 0.15) is 0 Å². The third-order valence-corrected chi connectivity index (χ3v) is 1.92. The van der Waals surface area contributed by atoms with E-state index in [0.717, 1.165) is 0 Å². The summed E-state index contributed by atoms with van der Waals surface area (Å²) in [6, 6.07) is 4.45.